The first kappa shape index (κ1) is 15.3. The first-order valence-electron chi connectivity index (χ1n) is 6.25. The van der Waals surface area contributed by atoms with Crippen molar-refractivity contribution >= 4 is 5.91 Å². The molecule has 5 heteroatoms. The van der Waals surface area contributed by atoms with E-state index >= 15 is 0 Å². The third-order valence-electron chi connectivity index (χ3n) is 3.29. The summed E-state index contributed by atoms with van der Waals surface area (Å²) in [7, 11) is 3.05. The lowest BCUT2D eigenvalue weighted by Gasteiger charge is -2.28. The van der Waals surface area contributed by atoms with Gasteiger partial charge in [-0.05, 0) is 25.5 Å². The number of ether oxygens (including phenoxy) is 2. The summed E-state index contributed by atoms with van der Waals surface area (Å²) < 4.78 is 10.4. The Balaban J connectivity index is 3.06. The summed E-state index contributed by atoms with van der Waals surface area (Å²) in [6, 6.07) is 5.20. The van der Waals surface area contributed by atoms with Gasteiger partial charge in [-0.25, -0.2) is 0 Å². The molecule has 19 heavy (non-hydrogen) atoms. The average molecular weight is 266 g/mol. The maximum Gasteiger partial charge on any atom is 0.255 e. The summed E-state index contributed by atoms with van der Waals surface area (Å²) in [5.74, 6) is 0.740. The summed E-state index contributed by atoms with van der Waals surface area (Å²) in [6.07, 6.45) is 0.752. The minimum Gasteiger partial charge on any atom is -0.493 e. The molecule has 0 saturated heterocycles. The third-order valence-corrected chi connectivity index (χ3v) is 3.29. The second-order valence-electron chi connectivity index (χ2n) is 4.61. The molecular weight excluding hydrogens is 244 g/mol. The molecule has 1 aromatic carbocycles. The van der Waals surface area contributed by atoms with E-state index in [0.29, 0.717) is 23.6 Å². The highest BCUT2D eigenvalue weighted by Gasteiger charge is 2.25. The fourth-order valence-corrected chi connectivity index (χ4v) is 1.69. The lowest BCUT2D eigenvalue weighted by molar-refractivity contribution is 0.0903. The van der Waals surface area contributed by atoms with Gasteiger partial charge in [0, 0.05) is 12.1 Å². The lowest BCUT2D eigenvalue weighted by Crippen LogP contribution is -2.50. The van der Waals surface area contributed by atoms with Crippen LogP contribution < -0.4 is 20.5 Å². The SMILES string of the molecule is CCC(C)(CN)NC(=O)c1cccc(OC)c1OC. The van der Waals surface area contributed by atoms with Gasteiger partial charge in [0.25, 0.3) is 5.91 Å². The van der Waals surface area contributed by atoms with Crippen LogP contribution >= 0.6 is 0 Å². The van der Waals surface area contributed by atoms with Crippen molar-refractivity contribution in [1.29, 1.82) is 0 Å². The molecule has 1 amide bonds. The van der Waals surface area contributed by atoms with Gasteiger partial charge in [0.1, 0.15) is 0 Å². The van der Waals surface area contributed by atoms with Crippen LogP contribution in [-0.4, -0.2) is 32.2 Å². The van der Waals surface area contributed by atoms with E-state index in [1.54, 1.807) is 18.2 Å². The fourth-order valence-electron chi connectivity index (χ4n) is 1.69. The predicted molar refractivity (Wildman–Crippen MR) is 74.8 cm³/mol. The minimum absolute atomic E-state index is 0.217. The topological polar surface area (TPSA) is 73.6 Å². The van der Waals surface area contributed by atoms with Crippen LogP contribution in [0.25, 0.3) is 0 Å². The average Bonchev–Trinajstić information content (AvgIpc) is 2.45. The Labute approximate surface area is 114 Å². The van der Waals surface area contributed by atoms with E-state index in [9.17, 15) is 4.79 Å². The highest BCUT2D eigenvalue weighted by atomic mass is 16.5. The number of nitrogens with one attached hydrogen (secondary N) is 1. The third kappa shape index (κ3) is 3.38. The normalized spacial score (nSPS) is 13.5. The van der Waals surface area contributed by atoms with Gasteiger partial charge in [-0.2, -0.15) is 0 Å². The Bertz CT molecular complexity index is 442. The molecule has 1 rings (SSSR count). The van der Waals surface area contributed by atoms with Crippen LogP contribution in [0.15, 0.2) is 18.2 Å². The molecule has 0 aromatic heterocycles. The predicted octanol–water partition coefficient (Wildman–Crippen LogP) is 1.56. The van der Waals surface area contributed by atoms with Crippen molar-refractivity contribution in [3.8, 4) is 11.5 Å². The van der Waals surface area contributed by atoms with Crippen LogP contribution in [0.2, 0.25) is 0 Å². The number of amides is 1. The van der Waals surface area contributed by atoms with Crippen LogP contribution in [0.4, 0.5) is 0 Å². The molecule has 0 heterocycles. The molecule has 5 nitrogen and oxygen atoms in total. The van der Waals surface area contributed by atoms with Gasteiger partial charge >= 0.3 is 0 Å². The van der Waals surface area contributed by atoms with Crippen LogP contribution in [0, 0.1) is 0 Å². The molecular formula is C14H22N2O3. The van der Waals surface area contributed by atoms with E-state index in [4.69, 9.17) is 15.2 Å². The fraction of sp³-hybridized carbons (Fsp3) is 0.500. The van der Waals surface area contributed by atoms with Gasteiger partial charge in [0.2, 0.25) is 0 Å². The molecule has 1 atom stereocenters. The van der Waals surface area contributed by atoms with Gasteiger partial charge in [-0.3, -0.25) is 4.79 Å². The van der Waals surface area contributed by atoms with Crippen molar-refractivity contribution in [3.63, 3.8) is 0 Å². The van der Waals surface area contributed by atoms with E-state index in [1.807, 2.05) is 13.8 Å². The maximum atomic E-state index is 12.3. The lowest BCUT2D eigenvalue weighted by atomic mass is 9.98. The molecule has 0 aliphatic heterocycles. The zero-order valence-corrected chi connectivity index (χ0v) is 11.9. The summed E-state index contributed by atoms with van der Waals surface area (Å²) in [6.45, 7) is 4.27. The van der Waals surface area contributed by atoms with Crippen LogP contribution in [0.3, 0.4) is 0 Å². The number of rotatable bonds is 6. The number of hydrogen-bond acceptors (Lipinski definition) is 4. The molecule has 3 N–H and O–H groups in total. The van der Waals surface area contributed by atoms with Gasteiger partial charge in [-0.15, -0.1) is 0 Å². The Kier molecular flexibility index (Phi) is 5.18. The molecule has 0 radical (unpaired) electrons. The highest BCUT2D eigenvalue weighted by Crippen LogP contribution is 2.30. The highest BCUT2D eigenvalue weighted by molar-refractivity contribution is 5.98. The number of nitrogens with two attached hydrogens (primary N) is 1. The van der Waals surface area contributed by atoms with Gasteiger partial charge in [-0.1, -0.05) is 13.0 Å². The van der Waals surface area contributed by atoms with Gasteiger partial charge in [0.05, 0.1) is 19.8 Å². The van der Waals surface area contributed by atoms with Crippen molar-refractivity contribution in [1.82, 2.24) is 5.32 Å². The summed E-state index contributed by atoms with van der Waals surface area (Å²) in [5, 5.41) is 2.94. The number of para-hydroxylation sites is 1. The molecule has 1 unspecified atom stereocenters. The Morgan fingerprint density at radius 3 is 2.53 bits per heavy atom. The van der Waals surface area contributed by atoms with Crippen LogP contribution in [0.5, 0.6) is 11.5 Å². The first-order valence-corrected chi connectivity index (χ1v) is 6.25. The second-order valence-corrected chi connectivity index (χ2v) is 4.61. The molecule has 0 aliphatic rings. The molecule has 0 bridgehead atoms. The zero-order valence-electron chi connectivity index (χ0n) is 11.9. The quantitative estimate of drug-likeness (QED) is 0.819. The molecule has 106 valence electrons. The maximum absolute atomic E-state index is 12.3. The van der Waals surface area contributed by atoms with Crippen LogP contribution in [-0.2, 0) is 0 Å². The minimum atomic E-state index is -0.425. The van der Waals surface area contributed by atoms with E-state index < -0.39 is 5.54 Å². The number of hydrogen-bond donors (Lipinski definition) is 2. The smallest absolute Gasteiger partial charge is 0.255 e. The van der Waals surface area contributed by atoms with E-state index in [1.165, 1.54) is 14.2 Å². The number of benzene rings is 1. The number of carbonyl (C=O) groups is 1. The van der Waals surface area contributed by atoms with Gasteiger partial charge in [0.15, 0.2) is 11.5 Å². The summed E-state index contributed by atoms with van der Waals surface area (Å²) in [5.41, 5.74) is 5.71. The largest absolute Gasteiger partial charge is 0.493 e. The van der Waals surface area contributed by atoms with E-state index in [0.717, 1.165) is 6.42 Å². The molecule has 0 saturated carbocycles. The van der Waals surface area contributed by atoms with Crippen molar-refractivity contribution in [2.24, 2.45) is 5.73 Å². The Morgan fingerprint density at radius 1 is 1.37 bits per heavy atom. The van der Waals surface area contributed by atoms with Crippen molar-refractivity contribution < 1.29 is 14.3 Å². The molecule has 0 aliphatic carbocycles. The summed E-state index contributed by atoms with van der Waals surface area (Å²) >= 11 is 0. The van der Waals surface area contributed by atoms with E-state index in [2.05, 4.69) is 5.32 Å². The van der Waals surface area contributed by atoms with Crippen molar-refractivity contribution in [3.05, 3.63) is 23.8 Å². The van der Waals surface area contributed by atoms with Crippen LogP contribution in [0.1, 0.15) is 30.6 Å². The Hall–Kier alpha value is -1.75. The number of methoxy groups -OCH3 is 2. The first-order chi connectivity index (χ1) is 9.01. The number of carbonyl (C=O) groups excluding carboxylic acids is 1. The van der Waals surface area contributed by atoms with Gasteiger partial charge < -0.3 is 20.5 Å². The molecule has 1 aromatic rings. The second kappa shape index (κ2) is 6.43. The monoisotopic (exact) mass is 266 g/mol. The standard InChI is InChI=1S/C14H22N2O3/c1-5-14(2,9-15)16-13(17)10-7-6-8-11(18-3)12(10)19-4/h6-8H,5,9,15H2,1-4H3,(H,16,17). The van der Waals surface area contributed by atoms with Crippen molar-refractivity contribution in [2.45, 2.75) is 25.8 Å². The molecule has 0 fully saturated rings. The Morgan fingerprint density at radius 2 is 2.05 bits per heavy atom. The van der Waals surface area contributed by atoms with E-state index in [-0.39, 0.29) is 5.91 Å². The summed E-state index contributed by atoms with van der Waals surface area (Å²) in [4.78, 5) is 12.3. The van der Waals surface area contributed by atoms with Crippen molar-refractivity contribution in [2.75, 3.05) is 20.8 Å². The zero-order chi connectivity index (χ0) is 14.5. The molecule has 0 spiro atoms.